The van der Waals surface area contributed by atoms with Crippen molar-refractivity contribution < 1.29 is 13.9 Å². The van der Waals surface area contributed by atoms with Gasteiger partial charge in [0.05, 0.1) is 12.8 Å². The van der Waals surface area contributed by atoms with Gasteiger partial charge in [-0.1, -0.05) is 12.5 Å². The van der Waals surface area contributed by atoms with E-state index in [9.17, 15) is 4.39 Å². The van der Waals surface area contributed by atoms with Crippen LogP contribution in [0.2, 0.25) is 0 Å². The van der Waals surface area contributed by atoms with Gasteiger partial charge in [0.25, 0.3) is 0 Å². The molecular weight excluding hydrogens is 409 g/mol. The molecule has 0 saturated heterocycles. The first-order valence-electron chi connectivity index (χ1n) is 10.8. The highest BCUT2D eigenvalue weighted by atomic mass is 19.1. The molecule has 2 heterocycles. The van der Waals surface area contributed by atoms with Crippen LogP contribution in [0.5, 0.6) is 5.75 Å². The Labute approximate surface area is 186 Å². The summed E-state index contributed by atoms with van der Waals surface area (Å²) in [4.78, 5) is 8.38. The number of hydrogen-bond acceptors (Lipinski definition) is 7. The standard InChI is InChI=1S/C24H26FN5O2/c1-31-11-12-32-18-6-3-16(4-7-18)29-23-26-14-20(25)22(30-23)28-17-5-8-19-21(13-17)27-15-24(19)9-2-10-24/h3-8,13-14,27H,2,9-12,15H2,1H3,(H2,26,28,29,30). The number of benzene rings is 2. The molecule has 3 aromatic rings. The Morgan fingerprint density at radius 2 is 1.88 bits per heavy atom. The molecule has 1 saturated carbocycles. The fourth-order valence-electron chi connectivity index (χ4n) is 4.30. The molecule has 5 rings (SSSR count). The first-order valence-corrected chi connectivity index (χ1v) is 10.8. The van der Waals surface area contributed by atoms with Gasteiger partial charge in [-0.25, -0.2) is 9.37 Å². The molecule has 3 N–H and O–H groups in total. The molecule has 1 aromatic heterocycles. The number of nitrogens with zero attached hydrogens (tertiary/aromatic N) is 2. The molecule has 0 amide bonds. The number of fused-ring (bicyclic) bond motifs is 2. The molecule has 7 nitrogen and oxygen atoms in total. The van der Waals surface area contributed by atoms with Crippen molar-refractivity contribution in [1.29, 1.82) is 0 Å². The molecule has 8 heteroatoms. The predicted molar refractivity (Wildman–Crippen MR) is 123 cm³/mol. The summed E-state index contributed by atoms with van der Waals surface area (Å²) in [5.74, 6) is 0.651. The molecular formula is C24H26FN5O2. The molecule has 2 aliphatic rings. The Bertz CT molecular complexity index is 1100. The van der Waals surface area contributed by atoms with E-state index < -0.39 is 5.82 Å². The van der Waals surface area contributed by atoms with E-state index in [1.165, 1.54) is 24.8 Å². The topological polar surface area (TPSA) is 80.3 Å². The van der Waals surface area contributed by atoms with E-state index in [1.807, 2.05) is 36.4 Å². The lowest BCUT2D eigenvalue weighted by Crippen LogP contribution is -2.35. The van der Waals surface area contributed by atoms with Crippen LogP contribution in [0.15, 0.2) is 48.7 Å². The molecule has 1 aliphatic heterocycles. The van der Waals surface area contributed by atoms with Gasteiger partial charge in [-0.2, -0.15) is 4.98 Å². The van der Waals surface area contributed by atoms with Crippen molar-refractivity contribution in [1.82, 2.24) is 9.97 Å². The van der Waals surface area contributed by atoms with E-state index in [4.69, 9.17) is 9.47 Å². The third kappa shape index (κ3) is 4.05. The fraction of sp³-hybridized carbons (Fsp3) is 0.333. The van der Waals surface area contributed by atoms with E-state index in [0.29, 0.717) is 24.6 Å². The van der Waals surface area contributed by atoms with Crippen LogP contribution >= 0.6 is 0 Å². The number of methoxy groups -OCH3 is 1. The molecule has 0 unspecified atom stereocenters. The van der Waals surface area contributed by atoms with Gasteiger partial charge >= 0.3 is 0 Å². The van der Waals surface area contributed by atoms with Crippen LogP contribution in [0.3, 0.4) is 0 Å². The smallest absolute Gasteiger partial charge is 0.229 e. The van der Waals surface area contributed by atoms with E-state index >= 15 is 0 Å². The van der Waals surface area contributed by atoms with Crippen molar-refractivity contribution in [3.05, 3.63) is 60.0 Å². The Morgan fingerprint density at radius 3 is 2.62 bits per heavy atom. The maximum atomic E-state index is 14.4. The normalized spacial score (nSPS) is 15.6. The van der Waals surface area contributed by atoms with Gasteiger partial charge in [0.2, 0.25) is 5.95 Å². The van der Waals surface area contributed by atoms with Gasteiger partial charge < -0.3 is 25.4 Å². The van der Waals surface area contributed by atoms with Gasteiger partial charge in [0, 0.05) is 36.1 Å². The third-order valence-electron chi connectivity index (χ3n) is 6.19. The average molecular weight is 436 g/mol. The van der Waals surface area contributed by atoms with E-state index in [2.05, 4.69) is 32.0 Å². The van der Waals surface area contributed by atoms with Crippen LogP contribution in [0.1, 0.15) is 24.8 Å². The number of rotatable bonds is 8. The number of halogens is 1. The van der Waals surface area contributed by atoms with Crippen molar-refractivity contribution in [2.75, 3.05) is 42.8 Å². The van der Waals surface area contributed by atoms with Crippen molar-refractivity contribution in [2.45, 2.75) is 24.7 Å². The molecule has 0 atom stereocenters. The zero-order valence-electron chi connectivity index (χ0n) is 18.0. The van der Waals surface area contributed by atoms with Crippen molar-refractivity contribution in [3.8, 4) is 5.75 Å². The van der Waals surface area contributed by atoms with Gasteiger partial charge in [-0.3, -0.25) is 0 Å². The highest BCUT2D eigenvalue weighted by molar-refractivity contribution is 5.70. The third-order valence-corrected chi connectivity index (χ3v) is 6.19. The zero-order valence-corrected chi connectivity index (χ0v) is 18.0. The molecule has 0 bridgehead atoms. The summed E-state index contributed by atoms with van der Waals surface area (Å²) in [5.41, 5.74) is 4.35. The minimum Gasteiger partial charge on any atom is -0.491 e. The molecule has 0 radical (unpaired) electrons. The van der Waals surface area contributed by atoms with Gasteiger partial charge in [0.1, 0.15) is 12.4 Å². The van der Waals surface area contributed by atoms with E-state index in [1.54, 1.807) is 7.11 Å². The summed E-state index contributed by atoms with van der Waals surface area (Å²) in [6, 6.07) is 13.5. The molecule has 1 spiro atoms. The van der Waals surface area contributed by atoms with Crippen molar-refractivity contribution in [2.24, 2.45) is 0 Å². The highest BCUT2D eigenvalue weighted by Gasteiger charge is 2.43. The van der Waals surface area contributed by atoms with E-state index in [0.717, 1.165) is 35.6 Å². The minimum atomic E-state index is -0.513. The van der Waals surface area contributed by atoms with Crippen LogP contribution < -0.4 is 20.7 Å². The number of anilines is 5. The SMILES string of the molecule is COCCOc1ccc(Nc2ncc(F)c(Nc3ccc4c(c3)NCC43CCC3)n2)cc1. The number of ether oxygens (including phenoxy) is 2. The lowest BCUT2D eigenvalue weighted by Gasteiger charge is -2.38. The van der Waals surface area contributed by atoms with Gasteiger partial charge in [-0.15, -0.1) is 0 Å². The highest BCUT2D eigenvalue weighted by Crippen LogP contribution is 2.50. The maximum Gasteiger partial charge on any atom is 0.229 e. The van der Waals surface area contributed by atoms with Crippen molar-refractivity contribution >= 4 is 28.8 Å². The lowest BCUT2D eigenvalue weighted by atomic mass is 9.66. The summed E-state index contributed by atoms with van der Waals surface area (Å²) < 4.78 is 24.9. The zero-order chi connectivity index (χ0) is 22.0. The van der Waals surface area contributed by atoms with Crippen LogP contribution in [0.25, 0.3) is 0 Å². The molecule has 166 valence electrons. The predicted octanol–water partition coefficient (Wildman–Crippen LogP) is 4.98. The molecule has 1 aliphatic carbocycles. The first-order chi connectivity index (χ1) is 15.6. The summed E-state index contributed by atoms with van der Waals surface area (Å²) in [5, 5.41) is 9.69. The quantitative estimate of drug-likeness (QED) is 0.431. The molecule has 1 fully saturated rings. The largest absolute Gasteiger partial charge is 0.491 e. The Hall–Kier alpha value is -3.39. The Balaban J connectivity index is 1.27. The fourth-order valence-corrected chi connectivity index (χ4v) is 4.30. The van der Waals surface area contributed by atoms with E-state index in [-0.39, 0.29) is 5.82 Å². The maximum absolute atomic E-state index is 14.4. The van der Waals surface area contributed by atoms with Crippen LogP contribution in [0.4, 0.5) is 33.2 Å². The summed E-state index contributed by atoms with van der Waals surface area (Å²) in [6.07, 6.45) is 4.91. The Morgan fingerprint density at radius 1 is 1.06 bits per heavy atom. The number of hydrogen-bond donors (Lipinski definition) is 3. The summed E-state index contributed by atoms with van der Waals surface area (Å²) in [7, 11) is 1.63. The summed E-state index contributed by atoms with van der Waals surface area (Å²) >= 11 is 0. The first kappa shape index (κ1) is 20.5. The van der Waals surface area contributed by atoms with Crippen molar-refractivity contribution in [3.63, 3.8) is 0 Å². The molecule has 2 aromatic carbocycles. The second-order valence-electron chi connectivity index (χ2n) is 8.25. The average Bonchev–Trinajstić information content (AvgIpc) is 3.17. The second-order valence-corrected chi connectivity index (χ2v) is 8.25. The van der Waals surface area contributed by atoms with Crippen LogP contribution in [-0.4, -0.2) is 36.8 Å². The van der Waals surface area contributed by atoms with Gasteiger partial charge in [-0.05, 0) is 54.8 Å². The second kappa shape index (κ2) is 8.63. The number of aromatic nitrogens is 2. The lowest BCUT2D eigenvalue weighted by molar-refractivity contribution is 0.146. The van der Waals surface area contributed by atoms with Gasteiger partial charge in [0.15, 0.2) is 11.6 Å². The molecule has 32 heavy (non-hydrogen) atoms. The summed E-state index contributed by atoms with van der Waals surface area (Å²) in [6.45, 7) is 2.00. The number of nitrogens with one attached hydrogen (secondary N) is 3. The Kier molecular flexibility index (Phi) is 5.53. The minimum absolute atomic E-state index is 0.123. The van der Waals surface area contributed by atoms with Crippen LogP contribution in [-0.2, 0) is 10.2 Å². The monoisotopic (exact) mass is 435 g/mol. The van der Waals surface area contributed by atoms with Crippen LogP contribution in [0, 0.1) is 5.82 Å².